The number of methoxy groups -OCH3 is 1. The van der Waals surface area contributed by atoms with Crippen molar-refractivity contribution in [2.75, 3.05) is 12.5 Å². The first-order valence-electron chi connectivity index (χ1n) is 7.82. The fourth-order valence-electron chi connectivity index (χ4n) is 2.31. The molecule has 0 unspecified atom stereocenters. The molecule has 0 atom stereocenters. The minimum Gasteiger partial charge on any atom is -0.496 e. The summed E-state index contributed by atoms with van der Waals surface area (Å²) in [6.07, 6.45) is 0. The Balaban J connectivity index is 1.79. The van der Waals surface area contributed by atoms with Crippen molar-refractivity contribution < 1.29 is 9.53 Å². The van der Waals surface area contributed by atoms with Gasteiger partial charge in [-0.2, -0.15) is 0 Å². The Morgan fingerprint density at radius 3 is 2.73 bits per heavy atom. The van der Waals surface area contributed by atoms with Crippen LogP contribution in [0.4, 0.5) is 0 Å². The molecule has 6 nitrogen and oxygen atoms in total. The molecule has 0 fully saturated rings. The van der Waals surface area contributed by atoms with Gasteiger partial charge in [-0.25, -0.2) is 4.68 Å². The molecule has 1 heterocycles. The van der Waals surface area contributed by atoms with Crippen molar-refractivity contribution >= 4 is 29.3 Å². The summed E-state index contributed by atoms with van der Waals surface area (Å²) >= 11 is 7.50. The lowest BCUT2D eigenvalue weighted by atomic mass is 10.2. The fourth-order valence-corrected chi connectivity index (χ4v) is 3.37. The third kappa shape index (κ3) is 4.17. The SMILES string of the molecule is COc1ccc(Cl)cc1C(=O)Nn1c(C)nnc1SCc1ccccc1. The Morgan fingerprint density at radius 1 is 1.23 bits per heavy atom. The minimum absolute atomic E-state index is 0.340. The minimum atomic E-state index is -0.353. The van der Waals surface area contributed by atoms with Gasteiger partial charge in [0, 0.05) is 10.8 Å². The number of benzene rings is 2. The summed E-state index contributed by atoms with van der Waals surface area (Å²) in [4.78, 5) is 12.7. The predicted molar refractivity (Wildman–Crippen MR) is 102 cm³/mol. The zero-order valence-corrected chi connectivity index (χ0v) is 15.8. The summed E-state index contributed by atoms with van der Waals surface area (Å²) in [5, 5.41) is 9.25. The molecule has 0 aliphatic carbocycles. The Kier molecular flexibility index (Phi) is 5.80. The molecule has 8 heteroatoms. The lowest BCUT2D eigenvalue weighted by molar-refractivity contribution is 0.100. The lowest BCUT2D eigenvalue weighted by Gasteiger charge is -2.12. The molecule has 1 amide bonds. The fraction of sp³-hybridized carbons (Fsp3) is 0.167. The third-order valence-electron chi connectivity index (χ3n) is 3.63. The van der Waals surface area contributed by atoms with Crippen LogP contribution < -0.4 is 10.2 Å². The van der Waals surface area contributed by atoms with E-state index >= 15 is 0 Å². The molecule has 3 aromatic rings. The molecular weight excluding hydrogens is 372 g/mol. The predicted octanol–water partition coefficient (Wildman–Crippen LogP) is 3.92. The first-order chi connectivity index (χ1) is 12.6. The van der Waals surface area contributed by atoms with Crippen molar-refractivity contribution in [1.29, 1.82) is 0 Å². The molecule has 1 N–H and O–H groups in total. The highest BCUT2D eigenvalue weighted by atomic mass is 35.5. The van der Waals surface area contributed by atoms with E-state index in [0.29, 0.717) is 27.3 Å². The maximum Gasteiger partial charge on any atom is 0.274 e. The lowest BCUT2D eigenvalue weighted by Crippen LogP contribution is -2.25. The number of nitrogens with one attached hydrogen (secondary N) is 1. The van der Waals surface area contributed by atoms with E-state index in [4.69, 9.17) is 16.3 Å². The summed E-state index contributed by atoms with van der Waals surface area (Å²) in [7, 11) is 1.51. The average molecular weight is 389 g/mol. The van der Waals surface area contributed by atoms with Gasteiger partial charge in [0.25, 0.3) is 5.91 Å². The number of aromatic nitrogens is 3. The van der Waals surface area contributed by atoms with Crippen LogP contribution in [-0.4, -0.2) is 27.9 Å². The van der Waals surface area contributed by atoms with Gasteiger partial charge in [0.15, 0.2) is 0 Å². The highest BCUT2D eigenvalue weighted by molar-refractivity contribution is 7.98. The Labute approximate surface area is 160 Å². The van der Waals surface area contributed by atoms with Gasteiger partial charge >= 0.3 is 0 Å². The second-order valence-electron chi connectivity index (χ2n) is 5.43. The van der Waals surface area contributed by atoms with E-state index in [-0.39, 0.29) is 5.91 Å². The van der Waals surface area contributed by atoms with Gasteiger partial charge in [0.2, 0.25) is 5.16 Å². The van der Waals surface area contributed by atoms with E-state index in [9.17, 15) is 4.79 Å². The van der Waals surface area contributed by atoms with Crippen LogP contribution in [-0.2, 0) is 5.75 Å². The Bertz CT molecular complexity index is 915. The zero-order chi connectivity index (χ0) is 18.5. The molecule has 3 rings (SSSR count). The number of rotatable bonds is 6. The highest BCUT2D eigenvalue weighted by Crippen LogP contribution is 2.24. The van der Waals surface area contributed by atoms with E-state index in [1.54, 1.807) is 29.8 Å². The summed E-state index contributed by atoms with van der Waals surface area (Å²) in [6, 6.07) is 14.9. The maximum absolute atomic E-state index is 12.7. The van der Waals surface area contributed by atoms with Gasteiger partial charge in [-0.05, 0) is 30.7 Å². The average Bonchev–Trinajstić information content (AvgIpc) is 3.00. The number of aryl methyl sites for hydroxylation is 1. The van der Waals surface area contributed by atoms with Gasteiger partial charge in [0.05, 0.1) is 12.7 Å². The monoisotopic (exact) mass is 388 g/mol. The van der Waals surface area contributed by atoms with Crippen molar-refractivity contribution in [3.8, 4) is 5.75 Å². The molecule has 134 valence electrons. The molecule has 0 saturated heterocycles. The molecule has 0 radical (unpaired) electrons. The van der Waals surface area contributed by atoms with Crippen LogP contribution in [0.15, 0.2) is 53.7 Å². The number of hydrogen-bond donors (Lipinski definition) is 1. The van der Waals surface area contributed by atoms with E-state index in [0.717, 1.165) is 11.3 Å². The van der Waals surface area contributed by atoms with Crippen LogP contribution in [0.25, 0.3) is 0 Å². The molecule has 2 aromatic carbocycles. The van der Waals surface area contributed by atoms with Crippen LogP contribution in [0.5, 0.6) is 5.75 Å². The highest BCUT2D eigenvalue weighted by Gasteiger charge is 2.17. The van der Waals surface area contributed by atoms with Crippen LogP contribution in [0, 0.1) is 6.92 Å². The van der Waals surface area contributed by atoms with Crippen LogP contribution >= 0.6 is 23.4 Å². The second kappa shape index (κ2) is 8.25. The number of halogens is 1. The number of carbonyl (C=O) groups excluding carboxylic acids is 1. The van der Waals surface area contributed by atoms with Gasteiger partial charge in [-0.1, -0.05) is 53.7 Å². The third-order valence-corrected chi connectivity index (χ3v) is 4.86. The number of nitrogens with zero attached hydrogens (tertiary/aromatic N) is 3. The summed E-state index contributed by atoms with van der Waals surface area (Å²) < 4.78 is 6.81. The van der Waals surface area contributed by atoms with Gasteiger partial charge in [-0.3, -0.25) is 10.2 Å². The molecule has 0 spiro atoms. The van der Waals surface area contributed by atoms with Crippen molar-refractivity contribution in [2.24, 2.45) is 0 Å². The Hall–Kier alpha value is -2.51. The number of ether oxygens (including phenoxy) is 1. The summed E-state index contributed by atoms with van der Waals surface area (Å²) in [6.45, 7) is 1.77. The quantitative estimate of drug-likeness (QED) is 0.648. The standard InChI is InChI=1S/C18H17ClN4O2S/c1-12-20-21-18(26-11-13-6-4-3-5-7-13)23(12)22-17(24)15-10-14(19)8-9-16(15)25-2/h3-10H,11H2,1-2H3,(H,22,24). The number of hydrogen-bond acceptors (Lipinski definition) is 5. The number of carbonyl (C=O) groups is 1. The summed E-state index contributed by atoms with van der Waals surface area (Å²) in [5.74, 6) is 1.38. The topological polar surface area (TPSA) is 69.0 Å². The van der Waals surface area contributed by atoms with E-state index in [2.05, 4.69) is 15.6 Å². The second-order valence-corrected chi connectivity index (χ2v) is 6.80. The number of thioether (sulfide) groups is 1. The van der Waals surface area contributed by atoms with Gasteiger partial charge < -0.3 is 4.74 Å². The smallest absolute Gasteiger partial charge is 0.274 e. The van der Waals surface area contributed by atoms with Crippen molar-refractivity contribution in [2.45, 2.75) is 17.8 Å². The van der Waals surface area contributed by atoms with Crippen molar-refractivity contribution in [3.63, 3.8) is 0 Å². The first-order valence-corrected chi connectivity index (χ1v) is 9.18. The molecule has 0 bridgehead atoms. The van der Waals surface area contributed by atoms with Crippen molar-refractivity contribution in [1.82, 2.24) is 14.9 Å². The molecule has 0 aliphatic heterocycles. The molecular formula is C18H17ClN4O2S. The molecule has 0 saturated carbocycles. The summed E-state index contributed by atoms with van der Waals surface area (Å²) in [5.41, 5.74) is 4.31. The zero-order valence-electron chi connectivity index (χ0n) is 14.3. The maximum atomic E-state index is 12.7. The molecule has 1 aromatic heterocycles. The van der Waals surface area contributed by atoms with Crippen LogP contribution in [0.1, 0.15) is 21.7 Å². The largest absolute Gasteiger partial charge is 0.496 e. The Morgan fingerprint density at radius 2 is 2.00 bits per heavy atom. The van der Waals surface area contributed by atoms with Crippen LogP contribution in [0.3, 0.4) is 0 Å². The molecule has 0 aliphatic rings. The normalized spacial score (nSPS) is 10.6. The first kappa shape index (κ1) is 18.3. The van der Waals surface area contributed by atoms with E-state index < -0.39 is 0 Å². The van der Waals surface area contributed by atoms with E-state index in [1.807, 2.05) is 30.3 Å². The number of amides is 1. The van der Waals surface area contributed by atoms with E-state index in [1.165, 1.54) is 18.9 Å². The van der Waals surface area contributed by atoms with Crippen LogP contribution in [0.2, 0.25) is 5.02 Å². The van der Waals surface area contributed by atoms with Gasteiger partial charge in [0.1, 0.15) is 11.6 Å². The van der Waals surface area contributed by atoms with Crippen molar-refractivity contribution in [3.05, 3.63) is 70.5 Å². The molecule has 26 heavy (non-hydrogen) atoms. The van der Waals surface area contributed by atoms with Gasteiger partial charge in [-0.15, -0.1) is 10.2 Å².